The zero-order chi connectivity index (χ0) is 13.7. The molecule has 3 nitrogen and oxygen atoms in total. The van der Waals surface area contributed by atoms with E-state index >= 15 is 0 Å². The second kappa shape index (κ2) is 6.71. The Morgan fingerprint density at radius 1 is 1.37 bits per heavy atom. The Labute approximate surface area is 116 Å². The Kier molecular flexibility index (Phi) is 4.97. The van der Waals surface area contributed by atoms with Crippen LogP contribution in [-0.2, 0) is 6.54 Å². The highest BCUT2D eigenvalue weighted by Crippen LogP contribution is 2.23. The van der Waals surface area contributed by atoms with Crippen molar-refractivity contribution in [2.24, 2.45) is 16.6 Å². The van der Waals surface area contributed by atoms with E-state index in [9.17, 15) is 0 Å². The van der Waals surface area contributed by atoms with E-state index in [4.69, 9.17) is 5.73 Å². The van der Waals surface area contributed by atoms with Gasteiger partial charge in [-0.3, -0.25) is 4.99 Å². The summed E-state index contributed by atoms with van der Waals surface area (Å²) in [5.74, 6) is 1.45. The fourth-order valence-electron chi connectivity index (χ4n) is 2.62. The highest BCUT2D eigenvalue weighted by Gasteiger charge is 2.24. The van der Waals surface area contributed by atoms with E-state index in [1.54, 1.807) is 0 Å². The molecule has 2 rings (SSSR count). The number of benzene rings is 1. The number of hydrogen-bond donors (Lipinski definition) is 2. The van der Waals surface area contributed by atoms with Crippen molar-refractivity contribution in [3.05, 3.63) is 35.9 Å². The van der Waals surface area contributed by atoms with Gasteiger partial charge >= 0.3 is 0 Å². The van der Waals surface area contributed by atoms with Gasteiger partial charge in [0.25, 0.3) is 0 Å². The predicted molar refractivity (Wildman–Crippen MR) is 81.2 cm³/mol. The summed E-state index contributed by atoms with van der Waals surface area (Å²) in [4.78, 5) is 4.53. The normalized spacial score (nSPS) is 24.2. The number of hydrogen-bond acceptors (Lipinski definition) is 3. The molecule has 0 fully saturated rings. The maximum Gasteiger partial charge on any atom is 0.0944 e. The van der Waals surface area contributed by atoms with Gasteiger partial charge in [-0.1, -0.05) is 37.3 Å². The highest BCUT2D eigenvalue weighted by molar-refractivity contribution is 5.82. The Balaban J connectivity index is 1.69. The lowest BCUT2D eigenvalue weighted by atomic mass is 9.96. The van der Waals surface area contributed by atoms with Crippen LogP contribution in [0.1, 0.15) is 38.7 Å². The van der Waals surface area contributed by atoms with Crippen LogP contribution in [0.2, 0.25) is 0 Å². The SMILES string of the molecule is CC(CC[C@@H]1N=C(N)C[C@@H]1C)NCc1ccccc1. The van der Waals surface area contributed by atoms with Crippen molar-refractivity contribution in [2.45, 2.75) is 51.7 Å². The summed E-state index contributed by atoms with van der Waals surface area (Å²) in [5.41, 5.74) is 7.13. The van der Waals surface area contributed by atoms with E-state index in [0.717, 1.165) is 31.6 Å². The third-order valence-corrected chi connectivity index (χ3v) is 3.91. The van der Waals surface area contributed by atoms with Gasteiger partial charge in [0, 0.05) is 19.0 Å². The van der Waals surface area contributed by atoms with Gasteiger partial charge in [-0.25, -0.2) is 0 Å². The molecule has 0 amide bonds. The van der Waals surface area contributed by atoms with Crippen LogP contribution in [-0.4, -0.2) is 17.9 Å². The second-order valence-electron chi connectivity index (χ2n) is 5.71. The lowest BCUT2D eigenvalue weighted by Crippen LogP contribution is -2.27. The van der Waals surface area contributed by atoms with E-state index in [-0.39, 0.29) is 0 Å². The van der Waals surface area contributed by atoms with Gasteiger partial charge in [0.05, 0.1) is 11.9 Å². The maximum absolute atomic E-state index is 5.79. The molecule has 0 aliphatic carbocycles. The molecule has 0 radical (unpaired) electrons. The molecule has 19 heavy (non-hydrogen) atoms. The Morgan fingerprint density at radius 3 is 2.74 bits per heavy atom. The van der Waals surface area contributed by atoms with Crippen LogP contribution in [0.4, 0.5) is 0 Å². The fraction of sp³-hybridized carbons (Fsp3) is 0.562. The molecule has 1 unspecified atom stereocenters. The first-order valence-corrected chi connectivity index (χ1v) is 7.24. The second-order valence-corrected chi connectivity index (χ2v) is 5.71. The smallest absolute Gasteiger partial charge is 0.0944 e. The molecule has 3 N–H and O–H groups in total. The molecule has 3 atom stereocenters. The zero-order valence-corrected chi connectivity index (χ0v) is 12.0. The van der Waals surface area contributed by atoms with Crippen molar-refractivity contribution in [3.8, 4) is 0 Å². The van der Waals surface area contributed by atoms with Gasteiger partial charge < -0.3 is 11.1 Å². The van der Waals surface area contributed by atoms with E-state index < -0.39 is 0 Å². The van der Waals surface area contributed by atoms with Crippen LogP contribution in [0.3, 0.4) is 0 Å². The topological polar surface area (TPSA) is 50.4 Å². The van der Waals surface area contributed by atoms with Gasteiger partial charge in [0.1, 0.15) is 0 Å². The van der Waals surface area contributed by atoms with Crippen LogP contribution in [0.25, 0.3) is 0 Å². The average Bonchev–Trinajstić information content (AvgIpc) is 2.73. The lowest BCUT2D eigenvalue weighted by Gasteiger charge is -2.17. The first-order chi connectivity index (χ1) is 9.15. The molecule has 1 aliphatic heterocycles. The highest BCUT2D eigenvalue weighted by atomic mass is 14.9. The zero-order valence-electron chi connectivity index (χ0n) is 12.0. The van der Waals surface area contributed by atoms with E-state index in [0.29, 0.717) is 18.0 Å². The molecular weight excluding hydrogens is 234 g/mol. The van der Waals surface area contributed by atoms with Crippen molar-refractivity contribution in [3.63, 3.8) is 0 Å². The van der Waals surface area contributed by atoms with Crippen LogP contribution >= 0.6 is 0 Å². The first-order valence-electron chi connectivity index (χ1n) is 7.24. The fourth-order valence-corrected chi connectivity index (χ4v) is 2.62. The molecule has 0 bridgehead atoms. The molecular formula is C16H25N3. The van der Waals surface area contributed by atoms with Crippen LogP contribution in [0.15, 0.2) is 35.3 Å². The Hall–Kier alpha value is -1.35. The molecule has 0 aromatic heterocycles. The largest absolute Gasteiger partial charge is 0.387 e. The van der Waals surface area contributed by atoms with Gasteiger partial charge in [0.2, 0.25) is 0 Å². The minimum atomic E-state index is 0.431. The van der Waals surface area contributed by atoms with Gasteiger partial charge in [-0.15, -0.1) is 0 Å². The quantitative estimate of drug-likeness (QED) is 0.825. The molecule has 3 heteroatoms. The molecule has 1 heterocycles. The predicted octanol–water partition coefficient (Wildman–Crippen LogP) is 2.71. The van der Waals surface area contributed by atoms with E-state index in [2.05, 4.69) is 54.5 Å². The molecule has 104 valence electrons. The summed E-state index contributed by atoms with van der Waals surface area (Å²) >= 11 is 0. The van der Waals surface area contributed by atoms with E-state index in [1.807, 2.05) is 0 Å². The van der Waals surface area contributed by atoms with Crippen molar-refractivity contribution >= 4 is 5.84 Å². The number of nitrogens with two attached hydrogens (primary N) is 1. The minimum absolute atomic E-state index is 0.431. The summed E-state index contributed by atoms with van der Waals surface area (Å²) in [6, 6.07) is 11.5. The molecule has 0 spiro atoms. The summed E-state index contributed by atoms with van der Waals surface area (Å²) in [6.07, 6.45) is 3.25. The summed E-state index contributed by atoms with van der Waals surface area (Å²) in [7, 11) is 0. The standard InChI is InChI=1S/C16H25N3/c1-12-10-16(17)19-15(12)9-8-13(2)18-11-14-6-4-3-5-7-14/h3-7,12-13,15,18H,8-11H2,1-2H3,(H2,17,19)/t12-,13?,15-/m0/s1. The summed E-state index contributed by atoms with van der Waals surface area (Å²) in [5, 5.41) is 3.57. The average molecular weight is 259 g/mol. The minimum Gasteiger partial charge on any atom is -0.387 e. The molecule has 1 aromatic carbocycles. The monoisotopic (exact) mass is 259 g/mol. The van der Waals surface area contributed by atoms with Gasteiger partial charge in [-0.2, -0.15) is 0 Å². The third-order valence-electron chi connectivity index (χ3n) is 3.91. The molecule has 1 aromatic rings. The lowest BCUT2D eigenvalue weighted by molar-refractivity contribution is 0.417. The Morgan fingerprint density at radius 2 is 2.11 bits per heavy atom. The number of aliphatic imine (C=N–C) groups is 1. The van der Waals surface area contributed by atoms with Crippen molar-refractivity contribution in [1.82, 2.24) is 5.32 Å². The maximum atomic E-state index is 5.79. The first kappa shape index (κ1) is 14.1. The molecule has 0 saturated carbocycles. The molecule has 0 saturated heterocycles. The number of amidine groups is 1. The summed E-state index contributed by atoms with van der Waals surface area (Å²) < 4.78 is 0. The molecule has 1 aliphatic rings. The van der Waals surface area contributed by atoms with Crippen molar-refractivity contribution < 1.29 is 0 Å². The number of rotatable bonds is 6. The van der Waals surface area contributed by atoms with Gasteiger partial charge in [0.15, 0.2) is 0 Å². The van der Waals surface area contributed by atoms with Crippen molar-refractivity contribution in [1.29, 1.82) is 0 Å². The number of nitrogens with one attached hydrogen (secondary N) is 1. The Bertz CT molecular complexity index is 413. The van der Waals surface area contributed by atoms with Crippen LogP contribution in [0.5, 0.6) is 0 Å². The summed E-state index contributed by atoms with van der Waals surface area (Å²) in [6.45, 7) is 5.43. The van der Waals surface area contributed by atoms with Crippen molar-refractivity contribution in [2.75, 3.05) is 0 Å². The van der Waals surface area contributed by atoms with Crippen LogP contribution < -0.4 is 11.1 Å². The third kappa shape index (κ3) is 4.35. The number of nitrogens with zero attached hydrogens (tertiary/aromatic N) is 1. The van der Waals surface area contributed by atoms with Crippen LogP contribution in [0, 0.1) is 5.92 Å². The van der Waals surface area contributed by atoms with E-state index in [1.165, 1.54) is 5.56 Å². The van der Waals surface area contributed by atoms with Gasteiger partial charge in [-0.05, 0) is 31.2 Å².